The minimum atomic E-state index is 0.122. The number of thiophene rings is 1. The van der Waals surface area contributed by atoms with Crippen molar-refractivity contribution in [2.75, 3.05) is 0 Å². The summed E-state index contributed by atoms with van der Waals surface area (Å²) in [5.41, 5.74) is 2.86. The maximum absolute atomic E-state index is 12.7. The van der Waals surface area contributed by atoms with Gasteiger partial charge in [-0.25, -0.2) is 0 Å². The van der Waals surface area contributed by atoms with E-state index in [0.717, 1.165) is 18.4 Å². The smallest absolute Gasteiger partial charge is 0.229 e. The van der Waals surface area contributed by atoms with E-state index in [4.69, 9.17) is 4.52 Å². The first-order valence-corrected chi connectivity index (χ1v) is 9.05. The van der Waals surface area contributed by atoms with E-state index < -0.39 is 0 Å². The Morgan fingerprint density at radius 1 is 1.25 bits per heavy atom. The van der Waals surface area contributed by atoms with Crippen molar-refractivity contribution in [3.63, 3.8) is 0 Å². The molecule has 0 atom stereocenters. The molecular formula is C19H18N2O2S. The summed E-state index contributed by atoms with van der Waals surface area (Å²) in [6.07, 6.45) is 2.49. The van der Waals surface area contributed by atoms with Crippen molar-refractivity contribution in [2.45, 2.75) is 31.8 Å². The predicted molar refractivity (Wildman–Crippen MR) is 93.5 cm³/mol. The minimum Gasteiger partial charge on any atom is -0.356 e. The summed E-state index contributed by atoms with van der Waals surface area (Å²) in [4.78, 5) is 14.7. The quantitative estimate of drug-likeness (QED) is 0.679. The van der Waals surface area contributed by atoms with Crippen LogP contribution in [0, 0.1) is 0 Å². The Morgan fingerprint density at radius 3 is 2.79 bits per heavy atom. The number of amides is 1. The van der Waals surface area contributed by atoms with Crippen LogP contribution in [0.4, 0.5) is 0 Å². The average molecular weight is 338 g/mol. The normalized spacial score (nSPS) is 13.8. The molecule has 0 saturated heterocycles. The lowest BCUT2D eigenvalue weighted by Gasteiger charge is -2.21. The van der Waals surface area contributed by atoms with Gasteiger partial charge in [0.1, 0.15) is 0 Å². The van der Waals surface area contributed by atoms with Crippen LogP contribution < -0.4 is 0 Å². The van der Waals surface area contributed by atoms with Crippen molar-refractivity contribution in [1.29, 1.82) is 0 Å². The molecule has 0 unspecified atom stereocenters. The van der Waals surface area contributed by atoms with Crippen molar-refractivity contribution in [3.8, 4) is 11.3 Å². The van der Waals surface area contributed by atoms with Gasteiger partial charge in [0.2, 0.25) is 5.91 Å². The number of benzene rings is 1. The zero-order chi connectivity index (χ0) is 16.4. The van der Waals surface area contributed by atoms with Crippen molar-refractivity contribution in [2.24, 2.45) is 0 Å². The van der Waals surface area contributed by atoms with Gasteiger partial charge in [-0.1, -0.05) is 35.5 Å². The number of hydrogen-bond acceptors (Lipinski definition) is 4. The van der Waals surface area contributed by atoms with Gasteiger partial charge in [-0.15, -0.1) is 0 Å². The van der Waals surface area contributed by atoms with E-state index in [9.17, 15) is 4.79 Å². The fourth-order valence-corrected chi connectivity index (χ4v) is 3.44. The Balaban J connectivity index is 1.46. The molecule has 1 amide bonds. The van der Waals surface area contributed by atoms with Crippen LogP contribution in [-0.2, 0) is 17.8 Å². The molecule has 0 radical (unpaired) electrons. The first kappa shape index (κ1) is 15.1. The Hall–Kier alpha value is -2.40. The maximum atomic E-state index is 12.7. The fourth-order valence-electron chi connectivity index (χ4n) is 2.78. The Bertz CT molecular complexity index is 807. The highest BCUT2D eigenvalue weighted by molar-refractivity contribution is 7.07. The number of aromatic nitrogens is 1. The third kappa shape index (κ3) is 3.41. The molecule has 1 aromatic carbocycles. The number of carbonyl (C=O) groups excluding carboxylic acids is 1. The van der Waals surface area contributed by atoms with Crippen LogP contribution in [0.5, 0.6) is 0 Å². The highest BCUT2D eigenvalue weighted by Gasteiger charge is 2.32. The zero-order valence-electron chi connectivity index (χ0n) is 13.2. The van der Waals surface area contributed by atoms with Crippen LogP contribution in [-0.4, -0.2) is 22.0 Å². The molecule has 1 aliphatic carbocycles. The van der Waals surface area contributed by atoms with Gasteiger partial charge in [0.05, 0.1) is 12.1 Å². The van der Waals surface area contributed by atoms with Crippen LogP contribution in [0.3, 0.4) is 0 Å². The maximum Gasteiger partial charge on any atom is 0.229 e. The summed E-state index contributed by atoms with van der Waals surface area (Å²) in [5, 5.41) is 8.22. The summed E-state index contributed by atoms with van der Waals surface area (Å²) in [6, 6.07) is 14.1. The van der Waals surface area contributed by atoms with Gasteiger partial charge in [0.25, 0.3) is 0 Å². The number of carbonyl (C=O) groups is 1. The second-order valence-electron chi connectivity index (χ2n) is 6.11. The molecule has 0 spiro atoms. The van der Waals surface area contributed by atoms with Crippen LogP contribution in [0.25, 0.3) is 11.3 Å². The molecule has 1 aliphatic rings. The SMILES string of the molecule is O=C(Cc1cc(-c2ccccc2)on1)N(Cc1ccsc1)C1CC1. The summed E-state index contributed by atoms with van der Waals surface area (Å²) in [6.45, 7) is 0.691. The average Bonchev–Trinajstić information content (AvgIpc) is 3.11. The standard InChI is InChI=1S/C19H18N2O2S/c22-19(21(17-6-7-17)12-14-8-9-24-13-14)11-16-10-18(23-20-16)15-4-2-1-3-5-15/h1-5,8-10,13,17H,6-7,11-12H2. The first-order valence-electron chi connectivity index (χ1n) is 8.11. The monoisotopic (exact) mass is 338 g/mol. The summed E-state index contributed by atoms with van der Waals surface area (Å²) >= 11 is 1.67. The topological polar surface area (TPSA) is 46.3 Å². The molecule has 0 N–H and O–H groups in total. The second-order valence-corrected chi connectivity index (χ2v) is 6.89. The third-order valence-corrected chi connectivity index (χ3v) is 4.92. The molecule has 4 nitrogen and oxygen atoms in total. The second kappa shape index (κ2) is 6.61. The van der Waals surface area contributed by atoms with E-state index in [2.05, 4.69) is 22.0 Å². The van der Waals surface area contributed by atoms with Crippen molar-refractivity contribution in [1.82, 2.24) is 10.1 Å². The molecular weight excluding hydrogens is 320 g/mol. The van der Waals surface area contributed by atoms with Gasteiger partial charge >= 0.3 is 0 Å². The van der Waals surface area contributed by atoms with Crippen LogP contribution in [0.1, 0.15) is 24.1 Å². The van der Waals surface area contributed by atoms with E-state index >= 15 is 0 Å². The molecule has 1 saturated carbocycles. The molecule has 0 bridgehead atoms. The molecule has 5 heteroatoms. The predicted octanol–water partition coefficient (Wildman–Crippen LogP) is 4.14. The number of rotatable bonds is 6. The molecule has 0 aliphatic heterocycles. The number of hydrogen-bond donors (Lipinski definition) is 0. The van der Waals surface area contributed by atoms with Gasteiger partial charge in [-0.05, 0) is 35.2 Å². The molecule has 24 heavy (non-hydrogen) atoms. The zero-order valence-corrected chi connectivity index (χ0v) is 14.0. The fraction of sp³-hybridized carbons (Fsp3) is 0.263. The van der Waals surface area contributed by atoms with Crippen LogP contribution >= 0.6 is 11.3 Å². The van der Waals surface area contributed by atoms with E-state index in [1.807, 2.05) is 41.3 Å². The van der Waals surface area contributed by atoms with Gasteiger partial charge in [0, 0.05) is 24.2 Å². The molecule has 1 fully saturated rings. The first-order chi connectivity index (χ1) is 11.8. The Kier molecular flexibility index (Phi) is 4.17. The lowest BCUT2D eigenvalue weighted by molar-refractivity contribution is -0.131. The Morgan fingerprint density at radius 2 is 2.08 bits per heavy atom. The molecule has 3 aromatic rings. The van der Waals surface area contributed by atoms with Crippen molar-refractivity contribution < 1.29 is 9.32 Å². The molecule has 2 aromatic heterocycles. The van der Waals surface area contributed by atoms with Gasteiger partial charge in [-0.2, -0.15) is 11.3 Å². The lowest BCUT2D eigenvalue weighted by Crippen LogP contribution is -2.33. The summed E-state index contributed by atoms with van der Waals surface area (Å²) in [7, 11) is 0. The lowest BCUT2D eigenvalue weighted by atomic mass is 10.1. The van der Waals surface area contributed by atoms with E-state index in [0.29, 0.717) is 24.0 Å². The van der Waals surface area contributed by atoms with Crippen molar-refractivity contribution >= 4 is 17.2 Å². The highest BCUT2D eigenvalue weighted by atomic mass is 32.1. The molecule has 4 rings (SSSR count). The van der Waals surface area contributed by atoms with Gasteiger partial charge in [-0.3, -0.25) is 4.79 Å². The van der Waals surface area contributed by atoms with Gasteiger partial charge in [0.15, 0.2) is 5.76 Å². The summed E-state index contributed by atoms with van der Waals surface area (Å²) < 4.78 is 5.39. The summed E-state index contributed by atoms with van der Waals surface area (Å²) in [5.74, 6) is 0.825. The molecule has 2 heterocycles. The van der Waals surface area contributed by atoms with Gasteiger partial charge < -0.3 is 9.42 Å². The minimum absolute atomic E-state index is 0.122. The van der Waals surface area contributed by atoms with Crippen LogP contribution in [0.2, 0.25) is 0 Å². The van der Waals surface area contributed by atoms with E-state index in [1.165, 1.54) is 5.56 Å². The molecule has 122 valence electrons. The Labute approximate surface area is 144 Å². The van der Waals surface area contributed by atoms with Crippen LogP contribution in [0.15, 0.2) is 57.7 Å². The van der Waals surface area contributed by atoms with E-state index in [-0.39, 0.29) is 12.3 Å². The van der Waals surface area contributed by atoms with E-state index in [1.54, 1.807) is 11.3 Å². The highest BCUT2D eigenvalue weighted by Crippen LogP contribution is 2.29. The third-order valence-electron chi connectivity index (χ3n) is 4.19. The number of nitrogens with zero attached hydrogens (tertiary/aromatic N) is 2. The van der Waals surface area contributed by atoms with Crippen molar-refractivity contribution in [3.05, 3.63) is 64.5 Å². The largest absolute Gasteiger partial charge is 0.356 e.